The SMILES string of the molecule is COc1ccc(CC(=O)Nc2nc3cc(F)c(F)cc3s2)c(OC)c1. The van der Waals surface area contributed by atoms with Crippen molar-refractivity contribution >= 4 is 32.6 Å². The van der Waals surface area contributed by atoms with Crippen molar-refractivity contribution in [3.05, 3.63) is 47.5 Å². The first-order valence-electron chi connectivity index (χ1n) is 7.26. The first-order valence-corrected chi connectivity index (χ1v) is 8.08. The van der Waals surface area contributed by atoms with Gasteiger partial charge in [0.05, 0.1) is 30.9 Å². The van der Waals surface area contributed by atoms with E-state index in [9.17, 15) is 13.6 Å². The van der Waals surface area contributed by atoms with Gasteiger partial charge in [0.15, 0.2) is 16.8 Å². The van der Waals surface area contributed by atoms with Crippen molar-refractivity contribution in [2.24, 2.45) is 0 Å². The minimum atomic E-state index is -0.973. The van der Waals surface area contributed by atoms with Crippen molar-refractivity contribution in [2.75, 3.05) is 19.5 Å². The van der Waals surface area contributed by atoms with Crippen molar-refractivity contribution in [1.29, 1.82) is 0 Å². The molecular weight excluding hydrogens is 350 g/mol. The molecule has 1 heterocycles. The largest absolute Gasteiger partial charge is 0.497 e. The van der Waals surface area contributed by atoms with Gasteiger partial charge in [-0.05, 0) is 12.1 Å². The first-order chi connectivity index (χ1) is 12.0. The lowest BCUT2D eigenvalue weighted by atomic mass is 10.1. The monoisotopic (exact) mass is 364 g/mol. The van der Waals surface area contributed by atoms with Crippen LogP contribution in [0.5, 0.6) is 11.5 Å². The highest BCUT2D eigenvalue weighted by molar-refractivity contribution is 7.22. The number of methoxy groups -OCH3 is 2. The van der Waals surface area contributed by atoms with Gasteiger partial charge in [-0.3, -0.25) is 4.79 Å². The highest BCUT2D eigenvalue weighted by Crippen LogP contribution is 2.29. The van der Waals surface area contributed by atoms with Crippen LogP contribution in [0.25, 0.3) is 10.2 Å². The predicted octanol–water partition coefficient (Wildman–Crippen LogP) is 3.77. The molecule has 0 saturated heterocycles. The van der Waals surface area contributed by atoms with E-state index < -0.39 is 11.6 Å². The fraction of sp³-hybridized carbons (Fsp3) is 0.176. The lowest BCUT2D eigenvalue weighted by Crippen LogP contribution is -2.14. The van der Waals surface area contributed by atoms with E-state index in [4.69, 9.17) is 9.47 Å². The summed E-state index contributed by atoms with van der Waals surface area (Å²) < 4.78 is 37.3. The molecule has 25 heavy (non-hydrogen) atoms. The number of aromatic nitrogens is 1. The minimum absolute atomic E-state index is 0.0613. The molecule has 3 aromatic rings. The smallest absolute Gasteiger partial charge is 0.230 e. The average Bonchev–Trinajstić information content (AvgIpc) is 2.96. The van der Waals surface area contributed by atoms with Gasteiger partial charge in [0.25, 0.3) is 0 Å². The zero-order valence-electron chi connectivity index (χ0n) is 13.4. The molecule has 3 rings (SSSR count). The Morgan fingerprint density at radius 2 is 1.92 bits per heavy atom. The number of rotatable bonds is 5. The van der Waals surface area contributed by atoms with Crippen LogP contribution in [0.4, 0.5) is 13.9 Å². The molecule has 1 amide bonds. The van der Waals surface area contributed by atoms with E-state index in [0.29, 0.717) is 27.3 Å². The molecule has 0 aliphatic carbocycles. The molecule has 0 saturated carbocycles. The number of hydrogen-bond acceptors (Lipinski definition) is 5. The van der Waals surface area contributed by atoms with Crippen LogP contribution < -0.4 is 14.8 Å². The van der Waals surface area contributed by atoms with E-state index in [1.165, 1.54) is 7.11 Å². The summed E-state index contributed by atoms with van der Waals surface area (Å²) in [7, 11) is 3.05. The minimum Gasteiger partial charge on any atom is -0.497 e. The number of halogens is 2. The molecule has 0 unspecified atom stereocenters. The van der Waals surface area contributed by atoms with Gasteiger partial charge in [-0.25, -0.2) is 13.8 Å². The van der Waals surface area contributed by atoms with Gasteiger partial charge in [-0.2, -0.15) is 0 Å². The van der Waals surface area contributed by atoms with E-state index in [-0.39, 0.29) is 17.5 Å². The quantitative estimate of drug-likeness (QED) is 0.749. The van der Waals surface area contributed by atoms with Gasteiger partial charge >= 0.3 is 0 Å². The van der Waals surface area contributed by atoms with Crippen molar-refractivity contribution < 1.29 is 23.0 Å². The number of benzene rings is 2. The third-order valence-electron chi connectivity index (χ3n) is 3.52. The van der Waals surface area contributed by atoms with Gasteiger partial charge < -0.3 is 14.8 Å². The molecule has 1 N–H and O–H groups in total. The summed E-state index contributed by atoms with van der Waals surface area (Å²) in [5, 5.41) is 2.91. The number of hydrogen-bond donors (Lipinski definition) is 1. The Labute approximate surface area is 146 Å². The molecule has 1 aromatic heterocycles. The van der Waals surface area contributed by atoms with Crippen LogP contribution in [-0.4, -0.2) is 25.1 Å². The maximum Gasteiger partial charge on any atom is 0.230 e. The fourth-order valence-corrected chi connectivity index (χ4v) is 3.20. The highest BCUT2D eigenvalue weighted by atomic mass is 32.1. The molecular formula is C17H14F2N2O3S. The van der Waals surface area contributed by atoms with Crippen LogP contribution in [0.2, 0.25) is 0 Å². The number of fused-ring (bicyclic) bond motifs is 1. The molecule has 5 nitrogen and oxygen atoms in total. The molecule has 0 aliphatic heterocycles. The molecule has 2 aromatic carbocycles. The van der Waals surface area contributed by atoms with Crippen LogP contribution in [0.3, 0.4) is 0 Å². The Hall–Kier alpha value is -2.74. The van der Waals surface area contributed by atoms with Crippen LogP contribution in [0, 0.1) is 11.6 Å². The number of anilines is 1. The van der Waals surface area contributed by atoms with Crippen LogP contribution in [-0.2, 0) is 11.2 Å². The number of carbonyl (C=O) groups is 1. The van der Waals surface area contributed by atoms with E-state index in [0.717, 1.165) is 23.5 Å². The maximum atomic E-state index is 13.2. The number of ether oxygens (including phenoxy) is 2. The standard InChI is InChI=1S/C17H14F2N2O3S/c1-23-10-4-3-9(14(6-10)24-2)5-16(22)21-17-20-13-7-11(18)12(19)8-15(13)25-17/h3-4,6-8H,5H2,1-2H3,(H,20,21,22). The lowest BCUT2D eigenvalue weighted by molar-refractivity contribution is -0.115. The van der Waals surface area contributed by atoms with Crippen LogP contribution in [0.1, 0.15) is 5.56 Å². The number of carbonyl (C=O) groups excluding carboxylic acids is 1. The Kier molecular flexibility index (Phi) is 4.80. The first kappa shape index (κ1) is 17.1. The molecule has 0 spiro atoms. The third kappa shape index (κ3) is 3.69. The predicted molar refractivity (Wildman–Crippen MR) is 91.4 cm³/mol. The van der Waals surface area contributed by atoms with E-state index in [1.54, 1.807) is 25.3 Å². The fourth-order valence-electron chi connectivity index (χ4n) is 2.31. The van der Waals surface area contributed by atoms with Crippen molar-refractivity contribution in [3.8, 4) is 11.5 Å². The average molecular weight is 364 g/mol. The second kappa shape index (κ2) is 7.02. The van der Waals surface area contributed by atoms with Crippen molar-refractivity contribution in [2.45, 2.75) is 6.42 Å². The number of thiazole rings is 1. The van der Waals surface area contributed by atoms with E-state index in [1.807, 2.05) is 0 Å². The molecule has 130 valence electrons. The van der Waals surface area contributed by atoms with Gasteiger partial charge in [0.2, 0.25) is 5.91 Å². The van der Waals surface area contributed by atoms with Gasteiger partial charge in [0.1, 0.15) is 11.5 Å². The van der Waals surface area contributed by atoms with Gasteiger partial charge in [-0.1, -0.05) is 17.4 Å². The summed E-state index contributed by atoms with van der Waals surface area (Å²) in [6.45, 7) is 0. The molecule has 0 atom stereocenters. The molecule has 0 fully saturated rings. The Morgan fingerprint density at radius 1 is 1.16 bits per heavy atom. The summed E-state index contributed by atoms with van der Waals surface area (Å²) in [5.41, 5.74) is 0.972. The summed E-state index contributed by atoms with van der Waals surface area (Å²) in [6.07, 6.45) is 0.0613. The van der Waals surface area contributed by atoms with Gasteiger partial charge in [0, 0.05) is 17.7 Å². The highest BCUT2D eigenvalue weighted by Gasteiger charge is 2.14. The Balaban J connectivity index is 1.76. The van der Waals surface area contributed by atoms with Gasteiger partial charge in [-0.15, -0.1) is 0 Å². The van der Waals surface area contributed by atoms with Crippen molar-refractivity contribution in [3.63, 3.8) is 0 Å². The molecule has 0 radical (unpaired) electrons. The molecule has 0 bridgehead atoms. The number of nitrogens with one attached hydrogen (secondary N) is 1. The van der Waals surface area contributed by atoms with Crippen LogP contribution in [0.15, 0.2) is 30.3 Å². The summed E-state index contributed by atoms with van der Waals surface area (Å²) >= 11 is 1.07. The number of nitrogens with zero attached hydrogens (tertiary/aromatic N) is 1. The maximum absolute atomic E-state index is 13.2. The molecule has 8 heteroatoms. The zero-order chi connectivity index (χ0) is 18.0. The van der Waals surface area contributed by atoms with E-state index >= 15 is 0 Å². The molecule has 0 aliphatic rings. The topological polar surface area (TPSA) is 60.5 Å². The Bertz CT molecular complexity index is 904. The lowest BCUT2D eigenvalue weighted by Gasteiger charge is -2.10. The number of amides is 1. The summed E-state index contributed by atoms with van der Waals surface area (Å²) in [4.78, 5) is 16.3. The van der Waals surface area contributed by atoms with E-state index in [2.05, 4.69) is 10.3 Å². The third-order valence-corrected chi connectivity index (χ3v) is 4.46. The summed E-state index contributed by atoms with van der Waals surface area (Å²) in [5.74, 6) is -1.08. The normalized spacial score (nSPS) is 10.7. The summed E-state index contributed by atoms with van der Waals surface area (Å²) in [6, 6.07) is 7.22. The second-order valence-electron chi connectivity index (χ2n) is 5.16. The second-order valence-corrected chi connectivity index (χ2v) is 6.19. The van der Waals surface area contributed by atoms with Crippen molar-refractivity contribution in [1.82, 2.24) is 4.98 Å². The van der Waals surface area contributed by atoms with Crippen LogP contribution >= 0.6 is 11.3 Å². The zero-order valence-corrected chi connectivity index (χ0v) is 14.2. The Morgan fingerprint density at radius 3 is 2.64 bits per heavy atom.